The Hall–Kier alpha value is -1.76. The van der Waals surface area contributed by atoms with Crippen LogP contribution in [-0.4, -0.2) is 27.2 Å². The van der Waals surface area contributed by atoms with Crippen LogP contribution in [-0.2, 0) is 16.4 Å². The number of sulfonamides is 1. The quantitative estimate of drug-likeness (QED) is 0.598. The minimum Gasteiger partial charge on any atom is -0.421 e. The number of nitrogens with zero attached hydrogens (tertiary/aromatic N) is 1. The maximum absolute atomic E-state index is 12.3. The molecule has 0 aliphatic carbocycles. The highest BCUT2D eigenvalue weighted by molar-refractivity contribution is 7.92. The fraction of sp³-hybridized carbons (Fsp3) is 0.188. The third kappa shape index (κ3) is 3.22. The number of hydrogen-bond donors (Lipinski definition) is 0. The predicted octanol–water partition coefficient (Wildman–Crippen LogP) is 3.53. The third-order valence-corrected chi connectivity index (χ3v) is 5.67. The first-order chi connectivity index (χ1) is 11.3. The summed E-state index contributed by atoms with van der Waals surface area (Å²) in [6.07, 6.45) is 1.70. The second-order valence-corrected chi connectivity index (χ2v) is 8.06. The molecule has 0 unspecified atom stereocenters. The zero-order chi connectivity index (χ0) is 17.5. The van der Waals surface area contributed by atoms with Gasteiger partial charge in [0.05, 0.1) is 22.5 Å². The van der Waals surface area contributed by atoms with E-state index in [2.05, 4.69) is 0 Å². The molecule has 0 saturated heterocycles. The zero-order valence-corrected chi connectivity index (χ0v) is 15.0. The summed E-state index contributed by atoms with van der Waals surface area (Å²) < 4.78 is 30.1. The molecular weight excluding hydrogens is 373 g/mol. The van der Waals surface area contributed by atoms with E-state index in [1.165, 1.54) is 10.4 Å². The summed E-state index contributed by atoms with van der Waals surface area (Å²) in [5, 5.41) is 0.455. The largest absolute Gasteiger partial charge is 0.421 e. The Morgan fingerprint density at radius 1 is 1.21 bits per heavy atom. The number of carbonyl (C=O) groups excluding carboxylic acids is 1. The lowest BCUT2D eigenvalue weighted by molar-refractivity contribution is 0.0735. The number of anilines is 1. The van der Waals surface area contributed by atoms with Crippen molar-refractivity contribution in [3.05, 3.63) is 57.6 Å². The Morgan fingerprint density at radius 3 is 2.67 bits per heavy atom. The first-order valence-electron chi connectivity index (χ1n) is 7.04. The Balaban J connectivity index is 1.87. The van der Waals surface area contributed by atoms with Crippen molar-refractivity contribution in [2.45, 2.75) is 6.42 Å². The molecule has 8 heteroatoms. The summed E-state index contributed by atoms with van der Waals surface area (Å²) in [4.78, 5) is 12.3. The van der Waals surface area contributed by atoms with Crippen molar-refractivity contribution in [2.75, 3.05) is 17.1 Å². The van der Waals surface area contributed by atoms with Gasteiger partial charge in [0.2, 0.25) is 10.0 Å². The lowest BCUT2D eigenvalue weighted by Gasteiger charge is -2.16. The fourth-order valence-electron chi connectivity index (χ4n) is 2.56. The molecule has 24 heavy (non-hydrogen) atoms. The average Bonchev–Trinajstić information content (AvgIpc) is 2.95. The van der Waals surface area contributed by atoms with Gasteiger partial charge in [0.25, 0.3) is 0 Å². The van der Waals surface area contributed by atoms with Gasteiger partial charge in [-0.05, 0) is 42.3 Å². The molecule has 2 aromatic carbocycles. The third-order valence-electron chi connectivity index (χ3n) is 3.69. The minimum atomic E-state index is -3.32. The second-order valence-electron chi connectivity index (χ2n) is 5.37. The average molecular weight is 386 g/mol. The molecule has 0 amide bonds. The lowest BCUT2D eigenvalue weighted by Crippen LogP contribution is -2.27. The van der Waals surface area contributed by atoms with Gasteiger partial charge in [0.1, 0.15) is 5.02 Å². The first-order valence-corrected chi connectivity index (χ1v) is 9.64. The van der Waals surface area contributed by atoms with Crippen molar-refractivity contribution in [2.24, 2.45) is 0 Å². The van der Waals surface area contributed by atoms with Crippen LogP contribution >= 0.6 is 23.2 Å². The van der Waals surface area contributed by atoms with Crippen molar-refractivity contribution in [3.63, 3.8) is 0 Å². The van der Waals surface area contributed by atoms with Gasteiger partial charge in [-0.3, -0.25) is 4.31 Å². The maximum Gasteiger partial charge on any atom is 0.343 e. The second kappa shape index (κ2) is 6.27. The zero-order valence-electron chi connectivity index (χ0n) is 12.6. The minimum absolute atomic E-state index is 0.164. The number of carbonyl (C=O) groups is 1. The van der Waals surface area contributed by atoms with Crippen LogP contribution in [0.3, 0.4) is 0 Å². The maximum atomic E-state index is 12.3. The molecule has 5 nitrogen and oxygen atoms in total. The normalized spacial score (nSPS) is 13.7. The van der Waals surface area contributed by atoms with E-state index in [1.807, 2.05) is 0 Å². The van der Waals surface area contributed by atoms with Crippen LogP contribution in [0.15, 0.2) is 36.4 Å². The molecule has 0 aromatic heterocycles. The Labute approximate surface area is 149 Å². The van der Waals surface area contributed by atoms with E-state index in [0.717, 1.165) is 11.8 Å². The van der Waals surface area contributed by atoms with Crippen molar-refractivity contribution >= 4 is 44.9 Å². The molecule has 126 valence electrons. The summed E-state index contributed by atoms with van der Waals surface area (Å²) >= 11 is 11.9. The van der Waals surface area contributed by atoms with Crippen molar-refractivity contribution in [1.82, 2.24) is 0 Å². The summed E-state index contributed by atoms with van der Waals surface area (Å²) in [6, 6.07) is 9.55. The Bertz CT molecular complexity index is 928. The van der Waals surface area contributed by atoms with Crippen LogP contribution in [0.2, 0.25) is 10.0 Å². The molecule has 1 heterocycles. The molecule has 0 atom stereocenters. The fourth-order valence-corrected chi connectivity index (χ4v) is 3.85. The smallest absolute Gasteiger partial charge is 0.343 e. The van der Waals surface area contributed by atoms with Crippen LogP contribution in [0.5, 0.6) is 5.75 Å². The van der Waals surface area contributed by atoms with Crippen LogP contribution in [0.25, 0.3) is 0 Å². The monoisotopic (exact) mass is 385 g/mol. The molecule has 0 radical (unpaired) electrons. The highest BCUT2D eigenvalue weighted by Crippen LogP contribution is 2.33. The number of fused-ring (bicyclic) bond motifs is 1. The van der Waals surface area contributed by atoms with E-state index < -0.39 is 16.0 Å². The summed E-state index contributed by atoms with van der Waals surface area (Å²) in [6.45, 7) is 0.368. The van der Waals surface area contributed by atoms with Crippen molar-refractivity contribution < 1.29 is 17.9 Å². The summed E-state index contributed by atoms with van der Waals surface area (Å²) in [5.41, 5.74) is 1.70. The van der Waals surface area contributed by atoms with E-state index in [1.54, 1.807) is 30.3 Å². The number of benzene rings is 2. The molecule has 3 rings (SSSR count). The van der Waals surface area contributed by atoms with Gasteiger partial charge in [-0.25, -0.2) is 13.2 Å². The molecule has 2 aromatic rings. The van der Waals surface area contributed by atoms with Crippen LogP contribution in [0.1, 0.15) is 15.9 Å². The van der Waals surface area contributed by atoms with E-state index in [4.69, 9.17) is 27.9 Å². The number of rotatable bonds is 3. The van der Waals surface area contributed by atoms with Crippen molar-refractivity contribution in [3.8, 4) is 5.75 Å². The van der Waals surface area contributed by atoms with E-state index in [-0.39, 0.29) is 10.8 Å². The molecule has 0 fully saturated rings. The van der Waals surface area contributed by atoms with Gasteiger partial charge in [-0.1, -0.05) is 29.3 Å². The summed E-state index contributed by atoms with van der Waals surface area (Å²) in [5.74, 6) is -0.410. The Kier molecular flexibility index (Phi) is 4.46. The number of ether oxygens (including phenoxy) is 1. The molecule has 0 saturated carbocycles. The van der Waals surface area contributed by atoms with Gasteiger partial charge < -0.3 is 4.74 Å². The van der Waals surface area contributed by atoms with Gasteiger partial charge in [0.15, 0.2) is 5.75 Å². The van der Waals surface area contributed by atoms with Crippen molar-refractivity contribution in [1.29, 1.82) is 0 Å². The van der Waals surface area contributed by atoms with Crippen LogP contribution < -0.4 is 9.04 Å². The first kappa shape index (κ1) is 17.1. The van der Waals surface area contributed by atoms with E-state index in [0.29, 0.717) is 29.2 Å². The molecule has 1 aliphatic heterocycles. The molecular formula is C16H13Cl2NO4S. The highest BCUT2D eigenvalue weighted by Gasteiger charge is 2.27. The van der Waals surface area contributed by atoms with Crippen LogP contribution in [0.4, 0.5) is 5.69 Å². The number of hydrogen-bond acceptors (Lipinski definition) is 4. The SMILES string of the molecule is CS(=O)(=O)N1CCc2cc(C(=O)Oc3cccc(Cl)c3Cl)ccc21. The standard InChI is InChI=1S/C16H13Cl2NO4S/c1-24(21,22)19-8-7-10-9-11(5-6-13(10)19)16(20)23-14-4-2-3-12(17)15(14)18/h2-6,9H,7-8H2,1H3. The predicted molar refractivity (Wildman–Crippen MR) is 93.8 cm³/mol. The van der Waals surface area contributed by atoms with E-state index >= 15 is 0 Å². The molecule has 0 spiro atoms. The highest BCUT2D eigenvalue weighted by atomic mass is 35.5. The lowest BCUT2D eigenvalue weighted by atomic mass is 10.1. The summed E-state index contributed by atoms with van der Waals surface area (Å²) in [7, 11) is -3.32. The van der Waals surface area contributed by atoms with Gasteiger partial charge >= 0.3 is 5.97 Å². The molecule has 1 aliphatic rings. The van der Waals surface area contributed by atoms with E-state index in [9.17, 15) is 13.2 Å². The van der Waals surface area contributed by atoms with Gasteiger partial charge in [-0.2, -0.15) is 0 Å². The Morgan fingerprint density at radius 2 is 1.96 bits per heavy atom. The van der Waals surface area contributed by atoms with Crippen LogP contribution in [0, 0.1) is 0 Å². The number of esters is 1. The molecule has 0 N–H and O–H groups in total. The van der Waals surface area contributed by atoms with Gasteiger partial charge in [0, 0.05) is 6.54 Å². The number of halogens is 2. The molecule has 0 bridgehead atoms. The van der Waals surface area contributed by atoms with Gasteiger partial charge in [-0.15, -0.1) is 0 Å². The topological polar surface area (TPSA) is 63.7 Å².